The minimum Gasteiger partial charge on any atom is -0.379 e. The Labute approximate surface area is 227 Å². The van der Waals surface area contributed by atoms with Gasteiger partial charge in [0.25, 0.3) is 5.91 Å². The molecule has 11 nitrogen and oxygen atoms in total. The van der Waals surface area contributed by atoms with E-state index in [1.54, 1.807) is 22.6 Å². The molecule has 0 bridgehead atoms. The van der Waals surface area contributed by atoms with E-state index in [2.05, 4.69) is 36.5 Å². The molecule has 2 N–H and O–H groups in total. The van der Waals surface area contributed by atoms with Crippen LogP contribution in [0.4, 0.5) is 5.82 Å². The number of benzene rings is 1. The molecule has 13 heteroatoms. The Bertz CT molecular complexity index is 1340. The maximum atomic E-state index is 12.8. The van der Waals surface area contributed by atoms with Gasteiger partial charge in [-0.2, -0.15) is 9.40 Å². The highest BCUT2D eigenvalue weighted by molar-refractivity contribution is 7.99. The summed E-state index contributed by atoms with van der Waals surface area (Å²) >= 11 is 1.61. The SMILES string of the molecule is CCCSc1nc(NCC(C)C)c2cnn(CCNC(=O)c3ccc(S(=O)(=O)N4CCOCC4)cc3)c2n1. The Kier molecular flexibility index (Phi) is 9.58. The molecule has 3 heterocycles. The molecule has 0 unspecified atom stereocenters. The van der Waals surface area contributed by atoms with Gasteiger partial charge in [0.1, 0.15) is 5.82 Å². The molecule has 1 aliphatic heterocycles. The second kappa shape index (κ2) is 12.9. The smallest absolute Gasteiger partial charge is 0.251 e. The van der Waals surface area contributed by atoms with Crippen LogP contribution in [-0.2, 0) is 21.3 Å². The normalized spacial score (nSPS) is 14.7. The van der Waals surface area contributed by atoms with E-state index in [4.69, 9.17) is 14.7 Å². The Balaban J connectivity index is 1.41. The van der Waals surface area contributed by atoms with Gasteiger partial charge in [-0.05, 0) is 36.6 Å². The van der Waals surface area contributed by atoms with Crippen molar-refractivity contribution in [1.82, 2.24) is 29.4 Å². The van der Waals surface area contributed by atoms with Gasteiger partial charge >= 0.3 is 0 Å². The van der Waals surface area contributed by atoms with Gasteiger partial charge in [0.15, 0.2) is 10.8 Å². The summed E-state index contributed by atoms with van der Waals surface area (Å²) in [4.78, 5) is 22.3. The lowest BCUT2D eigenvalue weighted by molar-refractivity contribution is 0.0730. The largest absolute Gasteiger partial charge is 0.379 e. The van der Waals surface area contributed by atoms with Crippen molar-refractivity contribution >= 4 is 44.5 Å². The van der Waals surface area contributed by atoms with Crippen LogP contribution in [0.5, 0.6) is 0 Å². The van der Waals surface area contributed by atoms with E-state index in [0.717, 1.165) is 35.6 Å². The first-order chi connectivity index (χ1) is 18.3. The van der Waals surface area contributed by atoms with Crippen LogP contribution in [0.1, 0.15) is 37.6 Å². The van der Waals surface area contributed by atoms with Crippen molar-refractivity contribution in [3.63, 3.8) is 0 Å². The number of carbonyl (C=O) groups is 1. The van der Waals surface area contributed by atoms with Crippen LogP contribution in [0.3, 0.4) is 0 Å². The van der Waals surface area contributed by atoms with Crippen LogP contribution in [-0.4, -0.2) is 83.5 Å². The average Bonchev–Trinajstić information content (AvgIpc) is 3.34. The average molecular weight is 562 g/mol. The number of sulfonamides is 1. The molecule has 38 heavy (non-hydrogen) atoms. The van der Waals surface area contributed by atoms with Crippen LogP contribution >= 0.6 is 11.8 Å². The van der Waals surface area contributed by atoms with Gasteiger partial charge in [-0.1, -0.05) is 32.5 Å². The summed E-state index contributed by atoms with van der Waals surface area (Å²) in [6.45, 7) is 9.36. The van der Waals surface area contributed by atoms with Crippen molar-refractivity contribution in [2.45, 2.75) is 43.8 Å². The number of rotatable bonds is 12. The predicted octanol–water partition coefficient (Wildman–Crippen LogP) is 2.85. The zero-order chi connectivity index (χ0) is 27.1. The monoisotopic (exact) mass is 561 g/mol. The summed E-state index contributed by atoms with van der Waals surface area (Å²) < 4.78 is 34.0. The number of nitrogens with zero attached hydrogens (tertiary/aromatic N) is 5. The van der Waals surface area contributed by atoms with Gasteiger partial charge in [0, 0.05) is 37.5 Å². The topological polar surface area (TPSA) is 131 Å². The number of thioether (sulfide) groups is 1. The zero-order valence-electron chi connectivity index (χ0n) is 22.0. The van der Waals surface area contributed by atoms with Crippen molar-refractivity contribution in [2.24, 2.45) is 5.92 Å². The highest BCUT2D eigenvalue weighted by atomic mass is 32.2. The molecule has 1 aromatic carbocycles. The zero-order valence-corrected chi connectivity index (χ0v) is 23.6. The Morgan fingerprint density at radius 1 is 1.16 bits per heavy atom. The van der Waals surface area contributed by atoms with E-state index in [-0.39, 0.29) is 10.8 Å². The third-order valence-electron chi connectivity index (χ3n) is 5.92. The standard InChI is InChI=1S/C25H35N7O4S2/c1-4-15-37-25-29-22(27-16-18(2)3)21-17-28-32(23(21)30-25)10-9-26-24(33)19-5-7-20(8-6-19)38(34,35)31-11-13-36-14-12-31/h5-8,17-18H,4,9-16H2,1-3H3,(H,26,33)(H,27,29,30). The minimum atomic E-state index is -3.60. The maximum Gasteiger partial charge on any atom is 0.251 e. The number of carbonyl (C=O) groups excluding carboxylic acids is 1. The number of ether oxygens (including phenoxy) is 1. The van der Waals surface area contributed by atoms with E-state index >= 15 is 0 Å². The number of morpholine rings is 1. The third-order valence-corrected chi connectivity index (χ3v) is 8.89. The van der Waals surface area contributed by atoms with Gasteiger partial charge in [0.2, 0.25) is 10.0 Å². The van der Waals surface area contributed by atoms with E-state index < -0.39 is 10.0 Å². The number of amides is 1. The second-order valence-corrected chi connectivity index (χ2v) is 12.4. The fourth-order valence-electron chi connectivity index (χ4n) is 3.88. The summed E-state index contributed by atoms with van der Waals surface area (Å²) in [6, 6.07) is 6.00. The number of hydrogen-bond donors (Lipinski definition) is 2. The van der Waals surface area contributed by atoms with Crippen LogP contribution in [0, 0.1) is 5.92 Å². The molecule has 0 saturated carbocycles. The predicted molar refractivity (Wildman–Crippen MR) is 148 cm³/mol. The quantitative estimate of drug-likeness (QED) is 0.253. The molecule has 0 atom stereocenters. The lowest BCUT2D eigenvalue weighted by atomic mass is 10.2. The Morgan fingerprint density at radius 3 is 2.58 bits per heavy atom. The van der Waals surface area contributed by atoms with E-state index in [1.165, 1.54) is 28.6 Å². The Morgan fingerprint density at radius 2 is 1.89 bits per heavy atom. The Hall–Kier alpha value is -2.74. The van der Waals surface area contributed by atoms with Gasteiger partial charge < -0.3 is 15.4 Å². The highest BCUT2D eigenvalue weighted by Crippen LogP contribution is 2.25. The molecule has 1 amide bonds. The fraction of sp³-hybridized carbons (Fsp3) is 0.520. The van der Waals surface area contributed by atoms with Crippen molar-refractivity contribution < 1.29 is 17.9 Å². The minimum absolute atomic E-state index is 0.164. The van der Waals surface area contributed by atoms with Gasteiger partial charge in [-0.3, -0.25) is 4.79 Å². The van der Waals surface area contributed by atoms with Crippen molar-refractivity contribution in [3.05, 3.63) is 36.0 Å². The van der Waals surface area contributed by atoms with Crippen LogP contribution in [0.25, 0.3) is 11.0 Å². The molecular formula is C25H35N7O4S2. The summed E-state index contributed by atoms with van der Waals surface area (Å²) in [5.74, 6) is 1.87. The molecule has 0 aliphatic carbocycles. The van der Waals surface area contributed by atoms with Gasteiger partial charge in [0.05, 0.1) is 36.2 Å². The molecule has 1 saturated heterocycles. The maximum absolute atomic E-state index is 12.8. The van der Waals surface area contributed by atoms with E-state index in [0.29, 0.717) is 56.0 Å². The molecule has 2 aromatic heterocycles. The van der Waals surface area contributed by atoms with Gasteiger partial charge in [-0.15, -0.1) is 0 Å². The molecule has 0 radical (unpaired) electrons. The first-order valence-electron chi connectivity index (χ1n) is 12.9. The first kappa shape index (κ1) is 28.3. The third kappa shape index (κ3) is 6.82. The van der Waals surface area contributed by atoms with E-state index in [1.807, 2.05) is 0 Å². The second-order valence-electron chi connectivity index (χ2n) is 9.38. The summed E-state index contributed by atoms with van der Waals surface area (Å²) in [5.41, 5.74) is 1.11. The molecule has 1 aliphatic rings. The molecular weight excluding hydrogens is 526 g/mol. The number of aromatic nitrogens is 4. The summed E-state index contributed by atoms with van der Waals surface area (Å²) in [6.07, 6.45) is 2.77. The van der Waals surface area contributed by atoms with Gasteiger partial charge in [-0.25, -0.2) is 23.1 Å². The lowest BCUT2D eigenvalue weighted by Gasteiger charge is -2.26. The van der Waals surface area contributed by atoms with Crippen molar-refractivity contribution in [2.75, 3.05) is 50.5 Å². The number of hydrogen-bond acceptors (Lipinski definition) is 9. The molecule has 206 valence electrons. The highest BCUT2D eigenvalue weighted by Gasteiger charge is 2.26. The number of fused-ring (bicyclic) bond motifs is 1. The van der Waals surface area contributed by atoms with Crippen molar-refractivity contribution in [3.8, 4) is 0 Å². The van der Waals surface area contributed by atoms with Crippen LogP contribution in [0.2, 0.25) is 0 Å². The van der Waals surface area contributed by atoms with E-state index in [9.17, 15) is 13.2 Å². The molecule has 3 aromatic rings. The molecule has 4 rings (SSSR count). The van der Waals surface area contributed by atoms with Crippen LogP contribution < -0.4 is 10.6 Å². The number of nitrogens with one attached hydrogen (secondary N) is 2. The number of anilines is 1. The summed E-state index contributed by atoms with van der Waals surface area (Å²) in [7, 11) is -3.60. The van der Waals surface area contributed by atoms with Crippen LogP contribution in [0.15, 0.2) is 40.5 Å². The fourth-order valence-corrected chi connectivity index (χ4v) is 5.99. The summed E-state index contributed by atoms with van der Waals surface area (Å²) in [5, 5.41) is 12.3. The molecule has 0 spiro atoms. The van der Waals surface area contributed by atoms with Crippen molar-refractivity contribution in [1.29, 1.82) is 0 Å². The lowest BCUT2D eigenvalue weighted by Crippen LogP contribution is -2.40. The molecule has 1 fully saturated rings. The first-order valence-corrected chi connectivity index (χ1v) is 15.3.